The second-order valence-electron chi connectivity index (χ2n) is 5.46. The van der Waals surface area contributed by atoms with Gasteiger partial charge in [-0.15, -0.1) is 0 Å². The van der Waals surface area contributed by atoms with Crippen LogP contribution >= 0.6 is 15.9 Å². The van der Waals surface area contributed by atoms with E-state index in [2.05, 4.69) is 37.2 Å². The predicted octanol–water partition coefficient (Wildman–Crippen LogP) is 3.08. The number of hydrogen-bond donors (Lipinski definition) is 1. The van der Waals surface area contributed by atoms with Crippen molar-refractivity contribution >= 4 is 27.5 Å². The van der Waals surface area contributed by atoms with Crippen LogP contribution in [0.5, 0.6) is 0 Å². The maximum atomic E-state index is 11.9. The van der Waals surface area contributed by atoms with E-state index in [1.54, 1.807) is 18.3 Å². The van der Waals surface area contributed by atoms with Gasteiger partial charge in [0.1, 0.15) is 0 Å². The Labute approximate surface area is 137 Å². The van der Waals surface area contributed by atoms with Crippen molar-refractivity contribution in [2.24, 2.45) is 5.92 Å². The van der Waals surface area contributed by atoms with Gasteiger partial charge < -0.3 is 14.6 Å². The number of rotatable bonds is 4. The molecule has 1 aliphatic heterocycles. The smallest absolute Gasteiger partial charge is 0.287 e. The van der Waals surface area contributed by atoms with E-state index in [-0.39, 0.29) is 5.91 Å². The molecule has 3 rings (SSSR count). The highest BCUT2D eigenvalue weighted by atomic mass is 79.9. The van der Waals surface area contributed by atoms with E-state index < -0.39 is 0 Å². The molecule has 1 saturated heterocycles. The van der Waals surface area contributed by atoms with E-state index in [4.69, 9.17) is 4.42 Å². The highest BCUT2D eigenvalue weighted by Crippen LogP contribution is 2.22. The van der Waals surface area contributed by atoms with Gasteiger partial charge in [0.2, 0.25) is 0 Å². The molecule has 0 spiro atoms. The van der Waals surface area contributed by atoms with E-state index in [0.717, 1.165) is 25.9 Å². The van der Waals surface area contributed by atoms with Gasteiger partial charge in [0.05, 0.1) is 11.9 Å². The van der Waals surface area contributed by atoms with Crippen LogP contribution < -0.4 is 10.2 Å². The quantitative estimate of drug-likeness (QED) is 0.906. The summed E-state index contributed by atoms with van der Waals surface area (Å²) in [5.41, 5.74) is 1.17. The minimum Gasteiger partial charge on any atom is -0.444 e. The average molecular weight is 364 g/mol. The summed E-state index contributed by atoms with van der Waals surface area (Å²) in [5.74, 6) is 0.704. The second-order valence-corrected chi connectivity index (χ2v) is 6.24. The number of carbonyl (C=O) groups is 1. The highest BCUT2D eigenvalue weighted by molar-refractivity contribution is 9.10. The molecule has 0 radical (unpaired) electrons. The Bertz CT molecular complexity index is 621. The lowest BCUT2D eigenvalue weighted by Crippen LogP contribution is -2.38. The summed E-state index contributed by atoms with van der Waals surface area (Å²) in [7, 11) is 0. The summed E-state index contributed by atoms with van der Waals surface area (Å²) in [6.45, 7) is 2.69. The van der Waals surface area contributed by atoms with Crippen LogP contribution in [-0.4, -0.2) is 30.5 Å². The van der Waals surface area contributed by atoms with Crippen LogP contribution in [0.1, 0.15) is 23.4 Å². The molecule has 0 atom stereocenters. The molecule has 6 heteroatoms. The molecule has 0 unspecified atom stereocenters. The molecule has 0 aliphatic carbocycles. The average Bonchev–Trinajstić information content (AvgIpc) is 3.00. The van der Waals surface area contributed by atoms with Gasteiger partial charge in [-0.2, -0.15) is 0 Å². The minimum atomic E-state index is -0.152. The van der Waals surface area contributed by atoms with Crippen molar-refractivity contribution in [1.82, 2.24) is 10.3 Å². The van der Waals surface area contributed by atoms with Crippen molar-refractivity contribution in [3.63, 3.8) is 0 Å². The van der Waals surface area contributed by atoms with Crippen molar-refractivity contribution in [3.05, 3.63) is 47.1 Å². The number of aromatic nitrogens is 1. The molecule has 3 heterocycles. The first-order valence-electron chi connectivity index (χ1n) is 7.41. The number of pyridine rings is 1. The number of halogens is 1. The number of furan rings is 1. The number of nitrogens with zero attached hydrogens (tertiary/aromatic N) is 2. The molecule has 22 heavy (non-hydrogen) atoms. The van der Waals surface area contributed by atoms with E-state index in [0.29, 0.717) is 22.9 Å². The first kappa shape index (κ1) is 15.1. The zero-order valence-corrected chi connectivity index (χ0v) is 13.8. The van der Waals surface area contributed by atoms with Crippen LogP contribution in [0.2, 0.25) is 0 Å². The molecule has 2 aromatic heterocycles. The van der Waals surface area contributed by atoms with Crippen molar-refractivity contribution < 1.29 is 9.21 Å². The van der Waals surface area contributed by atoms with E-state index in [9.17, 15) is 4.79 Å². The molecule has 1 fully saturated rings. The summed E-state index contributed by atoms with van der Waals surface area (Å²) >= 11 is 3.20. The largest absolute Gasteiger partial charge is 0.444 e. The Balaban J connectivity index is 1.45. The summed E-state index contributed by atoms with van der Waals surface area (Å²) < 4.78 is 5.82. The van der Waals surface area contributed by atoms with E-state index >= 15 is 0 Å². The molecule has 1 aliphatic rings. The van der Waals surface area contributed by atoms with Gasteiger partial charge in [-0.3, -0.25) is 9.78 Å². The third-order valence-corrected chi connectivity index (χ3v) is 4.40. The Morgan fingerprint density at radius 1 is 1.36 bits per heavy atom. The van der Waals surface area contributed by atoms with E-state index in [1.807, 2.05) is 12.3 Å². The summed E-state index contributed by atoms with van der Waals surface area (Å²) in [4.78, 5) is 18.4. The first-order valence-corrected chi connectivity index (χ1v) is 8.20. The summed E-state index contributed by atoms with van der Waals surface area (Å²) in [6.07, 6.45) is 5.82. The lowest BCUT2D eigenvalue weighted by molar-refractivity contribution is 0.0916. The number of carbonyl (C=O) groups excluding carboxylic acids is 1. The number of nitrogens with one attached hydrogen (secondary N) is 1. The third-order valence-electron chi connectivity index (χ3n) is 3.97. The molecule has 1 N–H and O–H groups in total. The number of amides is 1. The van der Waals surface area contributed by atoms with Crippen molar-refractivity contribution in [2.45, 2.75) is 12.8 Å². The molecule has 2 aromatic rings. The number of anilines is 1. The van der Waals surface area contributed by atoms with Gasteiger partial charge in [-0.25, -0.2) is 0 Å². The van der Waals surface area contributed by atoms with Crippen molar-refractivity contribution in [1.29, 1.82) is 0 Å². The lowest BCUT2D eigenvalue weighted by atomic mass is 9.96. The molecular weight excluding hydrogens is 346 g/mol. The molecule has 116 valence electrons. The Morgan fingerprint density at radius 3 is 2.82 bits per heavy atom. The maximum Gasteiger partial charge on any atom is 0.287 e. The van der Waals surface area contributed by atoms with Crippen molar-refractivity contribution in [3.8, 4) is 0 Å². The Kier molecular flexibility index (Phi) is 4.77. The Morgan fingerprint density at radius 2 is 2.18 bits per heavy atom. The maximum absolute atomic E-state index is 11.9. The van der Waals surface area contributed by atoms with Crippen molar-refractivity contribution in [2.75, 3.05) is 24.5 Å². The van der Waals surface area contributed by atoms with Gasteiger partial charge in [0.25, 0.3) is 5.91 Å². The van der Waals surface area contributed by atoms with Gasteiger partial charge >= 0.3 is 0 Å². The molecule has 1 amide bonds. The fraction of sp³-hybridized carbons (Fsp3) is 0.375. The standard InChI is InChI=1S/C16H18BrN3O2/c17-15-4-3-14(22-15)16(21)19-10-12-5-8-20(9-6-12)13-2-1-7-18-11-13/h1-4,7,11-12H,5-6,8-10H2,(H,19,21). The summed E-state index contributed by atoms with van der Waals surface area (Å²) in [5, 5.41) is 2.95. The molecule has 0 bridgehead atoms. The fourth-order valence-electron chi connectivity index (χ4n) is 2.70. The molecule has 0 aromatic carbocycles. The van der Waals surface area contributed by atoms with Crippen LogP contribution in [0.15, 0.2) is 45.7 Å². The van der Waals surface area contributed by atoms with Crippen LogP contribution in [0.25, 0.3) is 0 Å². The normalized spacial score (nSPS) is 15.8. The zero-order chi connectivity index (χ0) is 15.4. The molecule has 0 saturated carbocycles. The van der Waals surface area contributed by atoms with Gasteiger partial charge in [-0.1, -0.05) is 0 Å². The van der Waals surface area contributed by atoms with Crippen LogP contribution in [0.3, 0.4) is 0 Å². The zero-order valence-electron chi connectivity index (χ0n) is 12.2. The predicted molar refractivity (Wildman–Crippen MR) is 87.9 cm³/mol. The van der Waals surface area contributed by atoms with Crippen LogP contribution in [0, 0.1) is 5.92 Å². The van der Waals surface area contributed by atoms with Gasteiger partial charge in [0.15, 0.2) is 10.4 Å². The number of piperidine rings is 1. The first-order chi connectivity index (χ1) is 10.7. The van der Waals surface area contributed by atoms with Crippen LogP contribution in [-0.2, 0) is 0 Å². The van der Waals surface area contributed by atoms with Crippen LogP contribution in [0.4, 0.5) is 5.69 Å². The second kappa shape index (κ2) is 6.96. The summed E-state index contributed by atoms with van der Waals surface area (Å²) in [6, 6.07) is 7.44. The Hall–Kier alpha value is -1.82. The topological polar surface area (TPSA) is 58.4 Å². The van der Waals surface area contributed by atoms with E-state index in [1.165, 1.54) is 5.69 Å². The number of hydrogen-bond acceptors (Lipinski definition) is 4. The highest BCUT2D eigenvalue weighted by Gasteiger charge is 2.20. The third kappa shape index (κ3) is 3.68. The molecule has 5 nitrogen and oxygen atoms in total. The van der Waals surface area contributed by atoms with Gasteiger partial charge in [-0.05, 0) is 59.0 Å². The lowest BCUT2D eigenvalue weighted by Gasteiger charge is -2.33. The minimum absolute atomic E-state index is 0.152. The monoisotopic (exact) mass is 363 g/mol. The fourth-order valence-corrected chi connectivity index (χ4v) is 3.00. The SMILES string of the molecule is O=C(NCC1CCN(c2cccnc2)CC1)c1ccc(Br)o1. The molecular formula is C16H18BrN3O2. The van der Waals surface area contributed by atoms with Gasteiger partial charge in [0, 0.05) is 25.8 Å².